The average Bonchev–Trinajstić information content (AvgIpc) is 3.52. The third-order valence-electron chi connectivity index (χ3n) is 4.26. The number of phenolic OH excluding ortho intramolecular Hbond substituents is 1. The largest absolute Gasteiger partial charge is 0.573 e. The van der Waals surface area contributed by atoms with Crippen LogP contribution in [0.15, 0.2) is 36.4 Å². The molecular formula is C20H25F3N4O4. The molecule has 0 radical (unpaired) electrons. The lowest BCUT2D eigenvalue weighted by Gasteiger charge is -2.21. The molecule has 170 valence electrons. The van der Waals surface area contributed by atoms with Crippen molar-refractivity contribution in [1.29, 1.82) is 0 Å². The predicted octanol–water partition coefficient (Wildman–Crippen LogP) is 3.01. The number of benzene rings is 2. The molecule has 1 saturated carbocycles. The molecule has 1 aliphatic rings. The third kappa shape index (κ3) is 7.54. The quantitative estimate of drug-likeness (QED) is 0.261. The molecule has 5 N–H and O–H groups in total. The van der Waals surface area contributed by atoms with Gasteiger partial charge >= 0.3 is 6.36 Å². The van der Waals surface area contributed by atoms with Crippen LogP contribution in [0.1, 0.15) is 29.9 Å². The number of nitrogens with zero attached hydrogens (tertiary/aromatic N) is 2. The van der Waals surface area contributed by atoms with Crippen molar-refractivity contribution in [2.45, 2.75) is 31.7 Å². The van der Waals surface area contributed by atoms with E-state index in [0.717, 1.165) is 23.4 Å². The lowest BCUT2D eigenvalue weighted by atomic mass is 10.1. The fourth-order valence-corrected chi connectivity index (χ4v) is 2.78. The van der Waals surface area contributed by atoms with Crippen LogP contribution in [0.4, 0.5) is 18.9 Å². The van der Waals surface area contributed by atoms with Crippen molar-refractivity contribution in [3.63, 3.8) is 0 Å². The van der Waals surface area contributed by atoms with Crippen LogP contribution in [0, 0.1) is 0 Å². The number of hydrogen-bond acceptors (Lipinski definition) is 7. The summed E-state index contributed by atoms with van der Waals surface area (Å²) in [7, 11) is 2.99. The summed E-state index contributed by atoms with van der Waals surface area (Å²) >= 11 is 0. The summed E-state index contributed by atoms with van der Waals surface area (Å²) in [4.78, 5) is 9.31. The first-order valence-electron chi connectivity index (χ1n) is 9.26. The molecular weight excluding hydrogens is 417 g/mol. The summed E-state index contributed by atoms with van der Waals surface area (Å²) in [6.45, 7) is -0.159. The minimum absolute atomic E-state index is 0.127. The highest BCUT2D eigenvalue weighted by atomic mass is 19.4. The van der Waals surface area contributed by atoms with Gasteiger partial charge in [-0.05, 0) is 49.1 Å². The van der Waals surface area contributed by atoms with Crippen molar-refractivity contribution in [3.8, 4) is 17.2 Å². The summed E-state index contributed by atoms with van der Waals surface area (Å²) in [5.74, 6) is 11.1. The number of nitrogens with two attached hydrogens (primary N) is 2. The van der Waals surface area contributed by atoms with E-state index >= 15 is 0 Å². The number of rotatable bonds is 7. The monoisotopic (exact) mass is 442 g/mol. The highest BCUT2D eigenvalue weighted by Crippen LogP contribution is 2.46. The Morgan fingerprint density at radius 2 is 1.81 bits per heavy atom. The highest BCUT2D eigenvalue weighted by molar-refractivity contribution is 5.58. The third-order valence-corrected chi connectivity index (χ3v) is 4.26. The SMILES string of the molecule is CN(N)C=O.CN(N)c1cccc(OC(F)(F)F)c1COc1ccc(O)cc1C1CC1. The second kappa shape index (κ2) is 10.2. The van der Waals surface area contributed by atoms with E-state index < -0.39 is 6.36 Å². The number of carbonyl (C=O) groups is 1. The molecule has 2 aromatic rings. The maximum atomic E-state index is 12.7. The fourth-order valence-electron chi connectivity index (χ4n) is 2.78. The first-order valence-corrected chi connectivity index (χ1v) is 9.26. The van der Waals surface area contributed by atoms with Crippen LogP contribution in [0.25, 0.3) is 0 Å². The van der Waals surface area contributed by atoms with Crippen molar-refractivity contribution in [2.75, 3.05) is 19.1 Å². The number of alkyl halides is 3. The zero-order valence-electron chi connectivity index (χ0n) is 17.1. The minimum atomic E-state index is -4.82. The number of ether oxygens (including phenoxy) is 2. The van der Waals surface area contributed by atoms with Gasteiger partial charge in [0.15, 0.2) is 0 Å². The molecule has 2 aromatic carbocycles. The Kier molecular flexibility index (Phi) is 7.95. The summed E-state index contributed by atoms with van der Waals surface area (Å²) in [5, 5.41) is 11.8. The van der Waals surface area contributed by atoms with Crippen molar-refractivity contribution in [1.82, 2.24) is 5.01 Å². The predicted molar refractivity (Wildman–Crippen MR) is 108 cm³/mol. The number of phenols is 1. The van der Waals surface area contributed by atoms with Crippen LogP contribution in [0.5, 0.6) is 17.2 Å². The van der Waals surface area contributed by atoms with Gasteiger partial charge in [-0.25, -0.2) is 11.7 Å². The number of aromatic hydroxyl groups is 1. The molecule has 0 aliphatic heterocycles. The number of carbonyl (C=O) groups excluding carboxylic acids is 1. The Labute approximate surface area is 177 Å². The second-order valence-corrected chi connectivity index (χ2v) is 6.97. The van der Waals surface area contributed by atoms with Crippen LogP contribution in [-0.4, -0.2) is 37.0 Å². The lowest BCUT2D eigenvalue weighted by Crippen LogP contribution is -2.27. The molecule has 0 atom stereocenters. The van der Waals surface area contributed by atoms with E-state index in [-0.39, 0.29) is 23.7 Å². The molecule has 0 saturated heterocycles. The van der Waals surface area contributed by atoms with Gasteiger partial charge in [-0.1, -0.05) is 6.07 Å². The van der Waals surface area contributed by atoms with Gasteiger partial charge in [0.2, 0.25) is 6.41 Å². The van der Waals surface area contributed by atoms with Gasteiger partial charge in [0, 0.05) is 19.7 Å². The molecule has 0 unspecified atom stereocenters. The zero-order chi connectivity index (χ0) is 23.2. The van der Waals surface area contributed by atoms with E-state index in [9.17, 15) is 23.1 Å². The number of hydrazine groups is 2. The van der Waals surface area contributed by atoms with E-state index in [1.165, 1.54) is 37.3 Å². The summed E-state index contributed by atoms with van der Waals surface area (Å²) in [6, 6.07) is 8.95. The molecule has 31 heavy (non-hydrogen) atoms. The molecule has 0 spiro atoms. The summed E-state index contributed by atoms with van der Waals surface area (Å²) in [5.41, 5.74) is 1.39. The standard InChI is InChI=1S/C18H19F3N2O3.C2H6N2O/c1-23(22)15-3-2-4-17(26-18(19,20)21)14(15)10-25-16-8-7-12(24)9-13(16)11-5-6-11;1-4(3)2-5/h2-4,7-9,11,24H,5-6,10,22H2,1H3;2H,3H2,1H3. The Balaban J connectivity index is 0.000000614. The average molecular weight is 442 g/mol. The smallest absolute Gasteiger partial charge is 0.508 e. The van der Waals surface area contributed by atoms with E-state index in [4.69, 9.17) is 16.4 Å². The molecule has 0 bridgehead atoms. The number of amides is 1. The number of anilines is 1. The first-order chi connectivity index (χ1) is 14.5. The zero-order valence-corrected chi connectivity index (χ0v) is 17.1. The fraction of sp³-hybridized carbons (Fsp3) is 0.350. The minimum Gasteiger partial charge on any atom is -0.508 e. The van der Waals surface area contributed by atoms with Crippen LogP contribution in [0.2, 0.25) is 0 Å². The Hall–Kier alpha value is -3.18. The van der Waals surface area contributed by atoms with Gasteiger partial charge in [-0.3, -0.25) is 9.80 Å². The van der Waals surface area contributed by atoms with Crippen LogP contribution >= 0.6 is 0 Å². The Bertz CT molecular complexity index is 887. The normalized spacial score (nSPS) is 13.0. The van der Waals surface area contributed by atoms with Gasteiger partial charge in [0.05, 0.1) is 11.3 Å². The molecule has 1 aliphatic carbocycles. The van der Waals surface area contributed by atoms with Crippen molar-refractivity contribution in [2.24, 2.45) is 11.7 Å². The molecule has 0 heterocycles. The summed E-state index contributed by atoms with van der Waals surface area (Å²) < 4.78 is 48.0. The molecule has 1 fully saturated rings. The highest BCUT2D eigenvalue weighted by Gasteiger charge is 2.33. The van der Waals surface area contributed by atoms with Crippen molar-refractivity contribution in [3.05, 3.63) is 47.5 Å². The van der Waals surface area contributed by atoms with Crippen LogP contribution in [-0.2, 0) is 11.4 Å². The van der Waals surface area contributed by atoms with Crippen LogP contribution < -0.4 is 26.2 Å². The van der Waals surface area contributed by atoms with E-state index in [1.54, 1.807) is 18.2 Å². The van der Waals surface area contributed by atoms with E-state index in [2.05, 4.69) is 4.74 Å². The maximum Gasteiger partial charge on any atom is 0.573 e. The van der Waals surface area contributed by atoms with E-state index in [1.807, 2.05) is 0 Å². The maximum absolute atomic E-state index is 12.7. The molecule has 1 amide bonds. The molecule has 3 rings (SSSR count). The molecule has 8 nitrogen and oxygen atoms in total. The van der Waals surface area contributed by atoms with Gasteiger partial charge in [-0.2, -0.15) is 0 Å². The second-order valence-electron chi connectivity index (χ2n) is 6.97. The first kappa shape index (κ1) is 24.1. The van der Waals surface area contributed by atoms with Crippen molar-refractivity contribution < 1.29 is 32.5 Å². The number of halogens is 3. The Morgan fingerprint density at radius 1 is 1.16 bits per heavy atom. The van der Waals surface area contributed by atoms with Crippen molar-refractivity contribution >= 4 is 12.1 Å². The molecule has 0 aromatic heterocycles. The van der Waals surface area contributed by atoms with Gasteiger partial charge in [0.25, 0.3) is 0 Å². The number of hydrogen-bond donors (Lipinski definition) is 3. The van der Waals surface area contributed by atoms with Gasteiger partial charge in [0.1, 0.15) is 23.9 Å². The van der Waals surface area contributed by atoms with E-state index in [0.29, 0.717) is 23.8 Å². The summed E-state index contributed by atoms with van der Waals surface area (Å²) in [6.07, 6.45) is -2.31. The van der Waals surface area contributed by atoms with Gasteiger partial charge in [-0.15, -0.1) is 13.2 Å². The topological polar surface area (TPSA) is 114 Å². The Morgan fingerprint density at radius 3 is 2.32 bits per heavy atom. The van der Waals surface area contributed by atoms with Gasteiger partial charge < -0.3 is 19.6 Å². The lowest BCUT2D eigenvalue weighted by molar-refractivity contribution is -0.275. The molecule has 11 heteroatoms. The van der Waals surface area contributed by atoms with Crippen LogP contribution in [0.3, 0.4) is 0 Å².